The van der Waals surface area contributed by atoms with Crippen molar-refractivity contribution in [2.75, 3.05) is 26.2 Å². The zero-order valence-corrected chi connectivity index (χ0v) is 16.4. The van der Waals surface area contributed by atoms with Crippen molar-refractivity contribution >= 4 is 17.7 Å². The molecule has 0 bridgehead atoms. The molecule has 0 aliphatic carbocycles. The number of rotatable bonds is 5. The van der Waals surface area contributed by atoms with E-state index >= 15 is 0 Å². The van der Waals surface area contributed by atoms with Gasteiger partial charge < -0.3 is 20.9 Å². The molecule has 30 heavy (non-hydrogen) atoms. The van der Waals surface area contributed by atoms with Crippen molar-refractivity contribution in [2.45, 2.75) is 13.1 Å². The van der Waals surface area contributed by atoms with Crippen molar-refractivity contribution in [3.05, 3.63) is 70.8 Å². The highest BCUT2D eigenvalue weighted by Gasteiger charge is 2.43. The van der Waals surface area contributed by atoms with Gasteiger partial charge in [0.25, 0.3) is 17.7 Å². The van der Waals surface area contributed by atoms with Crippen molar-refractivity contribution in [2.24, 2.45) is 5.73 Å². The number of hydrogen-bond acceptors (Lipinski definition) is 4. The van der Waals surface area contributed by atoms with Gasteiger partial charge in [-0.3, -0.25) is 14.4 Å². The molecule has 2 aromatic rings. The molecule has 0 radical (unpaired) electrons. The van der Waals surface area contributed by atoms with Crippen LogP contribution in [0.25, 0.3) is 0 Å². The first kappa shape index (κ1) is 21.4. The fourth-order valence-electron chi connectivity index (χ4n) is 3.33. The summed E-state index contributed by atoms with van der Waals surface area (Å²) in [6, 6.07) is 9.25. The van der Waals surface area contributed by atoms with Crippen LogP contribution in [-0.4, -0.2) is 59.9 Å². The minimum Gasteiger partial charge on any atom is -0.351 e. The third-order valence-corrected chi connectivity index (χ3v) is 4.78. The Bertz CT molecular complexity index is 945. The van der Waals surface area contributed by atoms with E-state index in [4.69, 9.17) is 5.73 Å². The summed E-state index contributed by atoms with van der Waals surface area (Å²) in [5.74, 6) is -3.59. The number of carbonyl (C=O) groups is 3. The molecule has 1 unspecified atom stereocenters. The highest BCUT2D eigenvalue weighted by Crippen LogP contribution is 2.22. The van der Waals surface area contributed by atoms with Crippen LogP contribution in [0.3, 0.4) is 0 Å². The molecule has 1 heterocycles. The molecule has 7 nitrogen and oxygen atoms in total. The first-order chi connectivity index (χ1) is 14.3. The van der Waals surface area contributed by atoms with Gasteiger partial charge in [-0.1, -0.05) is 17.7 Å². The van der Waals surface area contributed by atoms with Gasteiger partial charge in [-0.05, 0) is 31.2 Å². The van der Waals surface area contributed by atoms with E-state index in [0.717, 1.165) is 22.6 Å². The smallest absolute Gasteiger partial charge is 0.263 e. The van der Waals surface area contributed by atoms with Crippen molar-refractivity contribution in [3.63, 3.8) is 0 Å². The Balaban J connectivity index is 1.92. The number of amides is 3. The minimum atomic E-state index is -1.26. The standard InChI is InChI=1S/C21H22F2N4O3/c1-13-2-4-14(5-3-13)20(29)26-8-9-27(19(26)18(28)25-7-6-24)21(30)15-10-16(22)12-17(23)11-15/h2-5,10-12,19H,6-9,24H2,1H3,(H,25,28). The Labute approximate surface area is 172 Å². The normalized spacial score (nSPS) is 15.9. The summed E-state index contributed by atoms with van der Waals surface area (Å²) in [6.45, 7) is 2.34. The number of carbonyl (C=O) groups excluding carboxylic acids is 3. The lowest BCUT2D eigenvalue weighted by Crippen LogP contribution is -2.54. The molecule has 1 aliphatic rings. The number of nitrogens with zero attached hydrogens (tertiary/aromatic N) is 2. The van der Waals surface area contributed by atoms with E-state index in [1.807, 2.05) is 6.92 Å². The highest BCUT2D eigenvalue weighted by atomic mass is 19.1. The van der Waals surface area contributed by atoms with E-state index in [0.29, 0.717) is 11.6 Å². The maximum Gasteiger partial charge on any atom is 0.263 e. The van der Waals surface area contributed by atoms with Gasteiger partial charge in [0.05, 0.1) is 0 Å². The van der Waals surface area contributed by atoms with Crippen molar-refractivity contribution in [3.8, 4) is 0 Å². The molecule has 2 aromatic carbocycles. The van der Waals surface area contributed by atoms with Crippen LogP contribution in [0.2, 0.25) is 0 Å². The van der Waals surface area contributed by atoms with Gasteiger partial charge in [-0.15, -0.1) is 0 Å². The molecule has 3 rings (SSSR count). The zero-order chi connectivity index (χ0) is 21.8. The molecular formula is C21H22F2N4O3. The van der Waals surface area contributed by atoms with Gasteiger partial charge in [-0.25, -0.2) is 8.78 Å². The van der Waals surface area contributed by atoms with Crippen LogP contribution in [0.5, 0.6) is 0 Å². The molecule has 1 saturated heterocycles. The van der Waals surface area contributed by atoms with Crippen molar-refractivity contribution in [1.29, 1.82) is 0 Å². The molecule has 3 amide bonds. The van der Waals surface area contributed by atoms with E-state index in [-0.39, 0.29) is 31.7 Å². The summed E-state index contributed by atoms with van der Waals surface area (Å²) in [7, 11) is 0. The molecule has 0 saturated carbocycles. The Morgan fingerprint density at radius 3 is 2.03 bits per heavy atom. The Morgan fingerprint density at radius 2 is 1.50 bits per heavy atom. The predicted molar refractivity (Wildman–Crippen MR) is 105 cm³/mol. The lowest BCUT2D eigenvalue weighted by atomic mass is 10.1. The molecule has 3 N–H and O–H groups in total. The third kappa shape index (κ3) is 4.46. The molecule has 9 heteroatoms. The van der Waals surface area contributed by atoms with Gasteiger partial charge in [0.2, 0.25) is 0 Å². The van der Waals surface area contributed by atoms with Crippen molar-refractivity contribution < 1.29 is 23.2 Å². The van der Waals surface area contributed by atoms with E-state index in [9.17, 15) is 23.2 Å². The zero-order valence-electron chi connectivity index (χ0n) is 16.4. The fraction of sp³-hybridized carbons (Fsp3) is 0.286. The van der Waals surface area contributed by atoms with Gasteiger partial charge >= 0.3 is 0 Å². The highest BCUT2D eigenvalue weighted by molar-refractivity contribution is 6.02. The molecule has 0 spiro atoms. The topological polar surface area (TPSA) is 95.7 Å². The SMILES string of the molecule is Cc1ccc(C(=O)N2CCN(C(=O)c3cc(F)cc(F)c3)C2C(=O)NCCN)cc1. The van der Waals surface area contributed by atoms with Gasteiger partial charge in [-0.2, -0.15) is 0 Å². The van der Waals surface area contributed by atoms with E-state index in [2.05, 4.69) is 5.32 Å². The Morgan fingerprint density at radius 1 is 0.967 bits per heavy atom. The average molecular weight is 416 g/mol. The average Bonchev–Trinajstić information content (AvgIpc) is 3.16. The van der Waals surface area contributed by atoms with E-state index in [1.165, 1.54) is 4.90 Å². The van der Waals surface area contributed by atoms with Gasteiger partial charge in [0, 0.05) is 43.4 Å². The summed E-state index contributed by atoms with van der Waals surface area (Å²) >= 11 is 0. The maximum absolute atomic E-state index is 13.6. The van der Waals surface area contributed by atoms with Crippen LogP contribution < -0.4 is 11.1 Å². The Hall–Kier alpha value is -3.33. The molecule has 1 atom stereocenters. The Kier molecular flexibility index (Phi) is 6.41. The number of benzene rings is 2. The van der Waals surface area contributed by atoms with Crippen LogP contribution in [0.4, 0.5) is 8.78 Å². The summed E-state index contributed by atoms with van der Waals surface area (Å²) < 4.78 is 27.2. The summed E-state index contributed by atoms with van der Waals surface area (Å²) in [6.07, 6.45) is -1.26. The molecule has 1 fully saturated rings. The molecule has 158 valence electrons. The first-order valence-electron chi connectivity index (χ1n) is 9.44. The maximum atomic E-state index is 13.6. The lowest BCUT2D eigenvalue weighted by molar-refractivity contribution is -0.128. The van der Waals surface area contributed by atoms with Gasteiger partial charge in [0.1, 0.15) is 11.6 Å². The molecular weight excluding hydrogens is 394 g/mol. The second kappa shape index (κ2) is 9.00. The summed E-state index contributed by atoms with van der Waals surface area (Å²) in [5.41, 5.74) is 6.52. The fourth-order valence-corrected chi connectivity index (χ4v) is 3.33. The minimum absolute atomic E-state index is 0.0370. The van der Waals surface area contributed by atoms with Gasteiger partial charge in [0.15, 0.2) is 6.17 Å². The second-order valence-electron chi connectivity index (χ2n) is 6.97. The van der Waals surface area contributed by atoms with Crippen LogP contribution in [0.15, 0.2) is 42.5 Å². The van der Waals surface area contributed by atoms with E-state index < -0.39 is 35.5 Å². The predicted octanol–water partition coefficient (Wildman–Crippen LogP) is 1.27. The molecule has 0 aromatic heterocycles. The number of nitrogens with two attached hydrogens (primary N) is 1. The molecule has 1 aliphatic heterocycles. The second-order valence-corrected chi connectivity index (χ2v) is 6.97. The summed E-state index contributed by atoms with van der Waals surface area (Å²) in [4.78, 5) is 41.1. The quantitative estimate of drug-likeness (QED) is 0.768. The monoisotopic (exact) mass is 416 g/mol. The van der Waals surface area contributed by atoms with Crippen LogP contribution >= 0.6 is 0 Å². The number of aryl methyl sites for hydroxylation is 1. The van der Waals surface area contributed by atoms with Crippen molar-refractivity contribution in [1.82, 2.24) is 15.1 Å². The van der Waals surface area contributed by atoms with Crippen LogP contribution in [0.1, 0.15) is 26.3 Å². The largest absolute Gasteiger partial charge is 0.351 e. The number of nitrogens with one attached hydrogen (secondary N) is 1. The number of hydrogen-bond donors (Lipinski definition) is 2. The lowest BCUT2D eigenvalue weighted by Gasteiger charge is -2.29. The van der Waals surface area contributed by atoms with Crippen LogP contribution in [-0.2, 0) is 4.79 Å². The third-order valence-electron chi connectivity index (χ3n) is 4.78. The van der Waals surface area contributed by atoms with Crippen LogP contribution in [0, 0.1) is 18.6 Å². The first-order valence-corrected chi connectivity index (χ1v) is 9.44. The van der Waals surface area contributed by atoms with E-state index in [1.54, 1.807) is 24.3 Å². The number of halogens is 2. The summed E-state index contributed by atoms with van der Waals surface area (Å²) in [5, 5.41) is 2.58.